The predicted octanol–water partition coefficient (Wildman–Crippen LogP) is 1.34. The van der Waals surface area contributed by atoms with E-state index in [2.05, 4.69) is 14.7 Å². The van der Waals surface area contributed by atoms with Gasteiger partial charge in [0.05, 0.1) is 10.6 Å². The Balaban J connectivity index is 2.33. The number of aromatic carboxylic acids is 1. The molecule has 0 radical (unpaired) electrons. The molecule has 0 aliphatic carbocycles. The summed E-state index contributed by atoms with van der Waals surface area (Å²) in [5, 5.41) is 22.5. The number of carboxylic acid groups (broad SMARTS) is 1. The Bertz CT molecular complexity index is 575. The van der Waals surface area contributed by atoms with Crippen molar-refractivity contribution in [3.8, 4) is 11.4 Å². The zero-order valence-electron chi connectivity index (χ0n) is 8.23. The third kappa shape index (κ3) is 2.09. The Morgan fingerprint density at radius 3 is 2.65 bits per heavy atom. The maximum absolute atomic E-state index is 10.5. The van der Waals surface area contributed by atoms with Crippen LogP contribution in [-0.2, 0) is 0 Å². The molecule has 0 saturated heterocycles. The first-order valence-electron chi connectivity index (χ1n) is 4.39. The second-order valence-electron chi connectivity index (χ2n) is 3.04. The Hall–Kier alpha value is -2.77. The van der Waals surface area contributed by atoms with Gasteiger partial charge in [0.25, 0.3) is 5.69 Å². The van der Waals surface area contributed by atoms with Gasteiger partial charge in [-0.05, 0) is 6.07 Å². The van der Waals surface area contributed by atoms with Crippen molar-refractivity contribution in [2.45, 2.75) is 0 Å². The van der Waals surface area contributed by atoms with Gasteiger partial charge in [-0.2, -0.15) is 0 Å². The second kappa shape index (κ2) is 4.00. The van der Waals surface area contributed by atoms with Crippen LogP contribution >= 0.6 is 0 Å². The molecule has 2 aromatic rings. The molecule has 0 aliphatic heterocycles. The van der Waals surface area contributed by atoms with E-state index in [0.29, 0.717) is 5.69 Å². The molecule has 2 aromatic heterocycles. The predicted molar refractivity (Wildman–Crippen MR) is 53.3 cm³/mol. The van der Waals surface area contributed by atoms with Crippen molar-refractivity contribution in [1.82, 2.24) is 10.1 Å². The zero-order chi connectivity index (χ0) is 12.4. The molecule has 8 nitrogen and oxygen atoms in total. The van der Waals surface area contributed by atoms with Crippen LogP contribution < -0.4 is 0 Å². The Labute approximate surface area is 93.6 Å². The van der Waals surface area contributed by atoms with E-state index in [1.54, 1.807) is 0 Å². The van der Waals surface area contributed by atoms with Crippen LogP contribution in [0, 0.1) is 10.1 Å². The summed E-state index contributed by atoms with van der Waals surface area (Å²) in [6, 6.07) is 3.80. The van der Waals surface area contributed by atoms with Gasteiger partial charge in [0.15, 0.2) is 0 Å². The highest BCUT2D eigenvalue weighted by Crippen LogP contribution is 2.19. The largest absolute Gasteiger partial charge is 0.475 e. The minimum atomic E-state index is -1.24. The van der Waals surface area contributed by atoms with E-state index >= 15 is 0 Å². The molecule has 17 heavy (non-hydrogen) atoms. The van der Waals surface area contributed by atoms with Gasteiger partial charge in [-0.25, -0.2) is 9.78 Å². The van der Waals surface area contributed by atoms with E-state index in [1.807, 2.05) is 0 Å². The van der Waals surface area contributed by atoms with Crippen molar-refractivity contribution in [1.29, 1.82) is 0 Å². The van der Waals surface area contributed by atoms with Crippen molar-refractivity contribution >= 4 is 11.7 Å². The van der Waals surface area contributed by atoms with Crippen molar-refractivity contribution in [3.63, 3.8) is 0 Å². The Kier molecular flexibility index (Phi) is 2.53. The molecule has 0 bridgehead atoms. The minimum absolute atomic E-state index is 0.157. The molecule has 0 unspecified atom stereocenters. The standard InChI is InChI=1S/C9H5N3O5/c13-9(14)8-3-7(11-17-8)6-2-1-5(4-10-6)12(15)16/h1-4H,(H,13,14). The van der Waals surface area contributed by atoms with Gasteiger partial charge < -0.3 is 9.63 Å². The van der Waals surface area contributed by atoms with E-state index in [9.17, 15) is 14.9 Å². The highest BCUT2D eigenvalue weighted by Gasteiger charge is 2.14. The molecular weight excluding hydrogens is 230 g/mol. The molecule has 0 atom stereocenters. The Morgan fingerprint density at radius 2 is 2.18 bits per heavy atom. The molecule has 0 saturated carbocycles. The van der Waals surface area contributed by atoms with E-state index in [-0.39, 0.29) is 17.1 Å². The molecular formula is C9H5N3O5. The average molecular weight is 235 g/mol. The smallest absolute Gasteiger partial charge is 0.374 e. The molecule has 2 rings (SSSR count). The first-order valence-corrected chi connectivity index (χ1v) is 4.39. The summed E-state index contributed by atoms with van der Waals surface area (Å²) in [7, 11) is 0. The number of pyridine rings is 1. The van der Waals surface area contributed by atoms with E-state index in [4.69, 9.17) is 5.11 Å². The van der Waals surface area contributed by atoms with E-state index in [1.165, 1.54) is 18.2 Å². The SMILES string of the molecule is O=C(O)c1cc(-c2ccc([N+](=O)[O-])cn2)no1. The number of nitro groups is 1. The zero-order valence-corrected chi connectivity index (χ0v) is 8.23. The second-order valence-corrected chi connectivity index (χ2v) is 3.04. The normalized spacial score (nSPS) is 10.1. The monoisotopic (exact) mass is 235 g/mol. The van der Waals surface area contributed by atoms with Crippen LogP contribution in [0.15, 0.2) is 28.9 Å². The molecule has 0 fully saturated rings. The molecule has 0 aliphatic rings. The lowest BCUT2D eigenvalue weighted by Crippen LogP contribution is -1.92. The number of hydrogen-bond acceptors (Lipinski definition) is 6. The van der Waals surface area contributed by atoms with Gasteiger partial charge in [0.1, 0.15) is 11.9 Å². The highest BCUT2D eigenvalue weighted by molar-refractivity contribution is 5.85. The Morgan fingerprint density at radius 1 is 1.41 bits per heavy atom. The lowest BCUT2D eigenvalue weighted by molar-refractivity contribution is -0.385. The van der Waals surface area contributed by atoms with Crippen LogP contribution in [0.4, 0.5) is 5.69 Å². The summed E-state index contributed by atoms with van der Waals surface area (Å²) in [6.07, 6.45) is 1.06. The van der Waals surface area contributed by atoms with Gasteiger partial charge in [-0.3, -0.25) is 10.1 Å². The van der Waals surface area contributed by atoms with Crippen LogP contribution in [0.25, 0.3) is 11.4 Å². The van der Waals surface area contributed by atoms with Crippen molar-refractivity contribution in [2.24, 2.45) is 0 Å². The van der Waals surface area contributed by atoms with Gasteiger partial charge in [-0.15, -0.1) is 0 Å². The number of nitrogens with zero attached hydrogens (tertiary/aromatic N) is 3. The maximum Gasteiger partial charge on any atom is 0.374 e. The fourth-order valence-electron chi connectivity index (χ4n) is 1.14. The quantitative estimate of drug-likeness (QED) is 0.629. The average Bonchev–Trinajstić information content (AvgIpc) is 2.78. The first-order chi connectivity index (χ1) is 8.08. The molecule has 86 valence electrons. The summed E-state index contributed by atoms with van der Waals surface area (Å²) in [5.74, 6) is -1.56. The summed E-state index contributed by atoms with van der Waals surface area (Å²) in [6.45, 7) is 0. The fourth-order valence-corrected chi connectivity index (χ4v) is 1.14. The van der Waals surface area contributed by atoms with Crippen LogP contribution in [0.1, 0.15) is 10.6 Å². The summed E-state index contributed by atoms with van der Waals surface area (Å²) < 4.78 is 4.53. The summed E-state index contributed by atoms with van der Waals surface area (Å²) in [4.78, 5) is 24.1. The van der Waals surface area contributed by atoms with Crippen molar-refractivity contribution < 1.29 is 19.3 Å². The summed E-state index contributed by atoms with van der Waals surface area (Å²) in [5.41, 5.74) is 0.347. The van der Waals surface area contributed by atoms with Gasteiger partial charge in [0, 0.05) is 12.1 Å². The maximum atomic E-state index is 10.5. The van der Waals surface area contributed by atoms with E-state index in [0.717, 1.165) is 6.20 Å². The minimum Gasteiger partial charge on any atom is -0.475 e. The summed E-state index contributed by atoms with van der Waals surface area (Å²) >= 11 is 0. The lowest BCUT2D eigenvalue weighted by Gasteiger charge is -1.93. The third-order valence-corrected chi connectivity index (χ3v) is 1.94. The fraction of sp³-hybridized carbons (Fsp3) is 0. The van der Waals surface area contributed by atoms with E-state index < -0.39 is 10.9 Å². The van der Waals surface area contributed by atoms with Crippen LogP contribution in [0.5, 0.6) is 0 Å². The van der Waals surface area contributed by atoms with Crippen molar-refractivity contribution in [3.05, 3.63) is 40.3 Å². The first kappa shape index (κ1) is 10.7. The van der Waals surface area contributed by atoms with Gasteiger partial charge >= 0.3 is 5.97 Å². The number of carbonyl (C=O) groups is 1. The van der Waals surface area contributed by atoms with Crippen LogP contribution in [0.2, 0.25) is 0 Å². The number of carboxylic acids is 1. The molecule has 8 heteroatoms. The van der Waals surface area contributed by atoms with Crippen LogP contribution in [-0.4, -0.2) is 26.1 Å². The molecule has 2 heterocycles. The lowest BCUT2D eigenvalue weighted by atomic mass is 10.2. The number of rotatable bonds is 3. The number of hydrogen-bond donors (Lipinski definition) is 1. The molecule has 1 N–H and O–H groups in total. The topological polar surface area (TPSA) is 119 Å². The number of aromatic nitrogens is 2. The van der Waals surface area contributed by atoms with Crippen LogP contribution in [0.3, 0.4) is 0 Å². The third-order valence-electron chi connectivity index (χ3n) is 1.94. The molecule has 0 amide bonds. The van der Waals surface area contributed by atoms with Gasteiger partial charge in [0.2, 0.25) is 5.76 Å². The van der Waals surface area contributed by atoms with Gasteiger partial charge in [-0.1, -0.05) is 5.16 Å². The van der Waals surface area contributed by atoms with Crippen molar-refractivity contribution in [2.75, 3.05) is 0 Å². The molecule has 0 spiro atoms. The molecule has 0 aromatic carbocycles. The highest BCUT2D eigenvalue weighted by atomic mass is 16.6.